The lowest BCUT2D eigenvalue weighted by molar-refractivity contribution is -0.156. The van der Waals surface area contributed by atoms with E-state index in [-0.39, 0.29) is 30.0 Å². The lowest BCUT2D eigenvalue weighted by Crippen LogP contribution is -2.39. The summed E-state index contributed by atoms with van der Waals surface area (Å²) in [5.74, 6) is -0.856. The number of carbonyl (C=O) groups excluding carboxylic acids is 2. The Labute approximate surface area is 131 Å². The van der Waals surface area contributed by atoms with E-state index in [0.29, 0.717) is 25.2 Å². The molecule has 6 heteroatoms. The maximum Gasteiger partial charge on any atom is 0.312 e. The second-order valence-corrected chi connectivity index (χ2v) is 5.43. The molecule has 0 aromatic heterocycles. The van der Waals surface area contributed by atoms with Crippen LogP contribution in [0.15, 0.2) is 16.5 Å². The molecule has 0 aromatic carbocycles. The Hall–Kier alpha value is -1.85. The molecule has 1 aliphatic rings. The van der Waals surface area contributed by atoms with Crippen LogP contribution < -0.4 is 0 Å². The van der Waals surface area contributed by atoms with Crippen molar-refractivity contribution in [1.82, 2.24) is 0 Å². The van der Waals surface area contributed by atoms with Gasteiger partial charge in [-0.1, -0.05) is 25.4 Å². The number of Topliss-reactive ketones (excluding diaryl/α,β-unsaturated/α-hetero) is 1. The van der Waals surface area contributed by atoms with E-state index in [2.05, 4.69) is 5.16 Å². The van der Waals surface area contributed by atoms with Gasteiger partial charge in [-0.05, 0) is 19.8 Å². The Bertz CT molecular complexity index is 495. The summed E-state index contributed by atoms with van der Waals surface area (Å²) in [6.45, 7) is 5.95. The maximum atomic E-state index is 12.5. The van der Waals surface area contributed by atoms with Gasteiger partial charge >= 0.3 is 5.97 Å². The van der Waals surface area contributed by atoms with Crippen LogP contribution in [-0.2, 0) is 19.2 Å². The smallest absolute Gasteiger partial charge is 0.312 e. The Balaban J connectivity index is 3.21. The number of aliphatic hydroxyl groups excluding tert-OH is 1. The third-order valence-electron chi connectivity index (χ3n) is 3.95. The zero-order valence-corrected chi connectivity index (χ0v) is 13.8. The molecule has 0 aliphatic heterocycles. The second-order valence-electron chi connectivity index (χ2n) is 5.43. The van der Waals surface area contributed by atoms with Gasteiger partial charge in [-0.25, -0.2) is 0 Å². The van der Waals surface area contributed by atoms with E-state index in [1.807, 2.05) is 13.8 Å². The molecule has 1 N–H and O–H groups in total. The van der Waals surface area contributed by atoms with Crippen molar-refractivity contribution < 1.29 is 24.3 Å². The van der Waals surface area contributed by atoms with Crippen molar-refractivity contribution in [2.75, 3.05) is 13.7 Å². The Morgan fingerprint density at radius 1 is 1.32 bits per heavy atom. The third-order valence-corrected chi connectivity index (χ3v) is 3.95. The van der Waals surface area contributed by atoms with Gasteiger partial charge in [0.25, 0.3) is 0 Å². The summed E-state index contributed by atoms with van der Waals surface area (Å²) in [4.78, 5) is 29.6. The van der Waals surface area contributed by atoms with Gasteiger partial charge in [-0.3, -0.25) is 9.59 Å². The fraction of sp³-hybridized carbons (Fsp3) is 0.688. The number of aliphatic hydroxyl groups is 1. The predicted molar refractivity (Wildman–Crippen MR) is 82.6 cm³/mol. The number of rotatable bonds is 7. The molecule has 0 heterocycles. The first kappa shape index (κ1) is 18.2. The van der Waals surface area contributed by atoms with Crippen molar-refractivity contribution >= 4 is 17.5 Å². The van der Waals surface area contributed by atoms with Crippen molar-refractivity contribution in [3.05, 3.63) is 11.3 Å². The van der Waals surface area contributed by atoms with Gasteiger partial charge < -0.3 is 14.7 Å². The molecular weight excluding hydrogens is 286 g/mol. The van der Waals surface area contributed by atoms with Crippen LogP contribution in [0.3, 0.4) is 0 Å². The number of hydrogen-bond acceptors (Lipinski definition) is 6. The fourth-order valence-electron chi connectivity index (χ4n) is 2.71. The van der Waals surface area contributed by atoms with Crippen LogP contribution in [0.5, 0.6) is 0 Å². The highest BCUT2D eigenvalue weighted by molar-refractivity contribution is 6.23. The molecule has 0 aromatic rings. The van der Waals surface area contributed by atoms with Gasteiger partial charge in [0, 0.05) is 12.8 Å². The van der Waals surface area contributed by atoms with Crippen molar-refractivity contribution in [3.8, 4) is 0 Å². The Morgan fingerprint density at radius 2 is 2.00 bits per heavy atom. The summed E-state index contributed by atoms with van der Waals surface area (Å²) in [5.41, 5.74) is -0.341. The zero-order chi connectivity index (χ0) is 16.8. The molecule has 0 fully saturated rings. The average Bonchev–Trinajstić information content (AvgIpc) is 2.50. The number of oxime groups is 1. The molecule has 0 spiro atoms. The number of ether oxygens (including phenoxy) is 1. The first-order valence-corrected chi connectivity index (χ1v) is 7.68. The van der Waals surface area contributed by atoms with Crippen molar-refractivity contribution in [2.45, 2.75) is 52.9 Å². The number of allylic oxidation sites excluding steroid dienone is 2. The van der Waals surface area contributed by atoms with Gasteiger partial charge in [0.15, 0.2) is 5.78 Å². The van der Waals surface area contributed by atoms with Crippen molar-refractivity contribution in [2.24, 2.45) is 10.6 Å². The predicted octanol–water partition coefficient (Wildman–Crippen LogP) is 2.92. The minimum absolute atomic E-state index is 0.0183. The number of ketones is 1. The molecule has 1 rings (SSSR count). The SMILES string of the molecule is CCCC(=NOCC)C1=C(O)CC(CC)(C(=O)OC)CC1=O. The summed E-state index contributed by atoms with van der Waals surface area (Å²) in [6.07, 6.45) is 1.83. The molecular formula is C16H25NO5. The number of methoxy groups -OCH3 is 1. The first-order valence-electron chi connectivity index (χ1n) is 7.68. The summed E-state index contributed by atoms with van der Waals surface area (Å²) in [6, 6.07) is 0. The molecule has 1 aliphatic carbocycles. The molecule has 0 saturated carbocycles. The quantitative estimate of drug-likeness (QED) is 0.444. The van der Waals surface area contributed by atoms with Gasteiger partial charge in [0.1, 0.15) is 12.4 Å². The van der Waals surface area contributed by atoms with Crippen LogP contribution >= 0.6 is 0 Å². The molecule has 0 radical (unpaired) electrons. The second kappa shape index (κ2) is 7.96. The van der Waals surface area contributed by atoms with Crippen LogP contribution in [0.4, 0.5) is 0 Å². The van der Waals surface area contributed by atoms with E-state index in [0.717, 1.165) is 6.42 Å². The third kappa shape index (κ3) is 3.67. The lowest BCUT2D eigenvalue weighted by Gasteiger charge is -2.33. The number of carbonyl (C=O) groups is 2. The van der Waals surface area contributed by atoms with E-state index in [1.54, 1.807) is 6.92 Å². The standard InChI is InChI=1S/C16H25NO5/c1-5-8-11(17-22-7-3)14-12(18)9-16(6-2,10-13(14)19)15(20)21-4/h18H,5-10H2,1-4H3. The number of esters is 1. The molecule has 0 amide bonds. The number of hydrogen-bond donors (Lipinski definition) is 1. The summed E-state index contributed by atoms with van der Waals surface area (Å²) in [7, 11) is 1.29. The van der Waals surface area contributed by atoms with E-state index >= 15 is 0 Å². The van der Waals surface area contributed by atoms with Gasteiger partial charge in [-0.2, -0.15) is 0 Å². The zero-order valence-electron chi connectivity index (χ0n) is 13.8. The van der Waals surface area contributed by atoms with Gasteiger partial charge in [-0.15, -0.1) is 0 Å². The topological polar surface area (TPSA) is 85.2 Å². The molecule has 1 atom stereocenters. The molecule has 0 bridgehead atoms. The monoisotopic (exact) mass is 311 g/mol. The normalized spacial score (nSPS) is 22.7. The minimum atomic E-state index is -0.984. The van der Waals surface area contributed by atoms with Crippen molar-refractivity contribution in [1.29, 1.82) is 0 Å². The van der Waals surface area contributed by atoms with Gasteiger partial charge in [0.05, 0.1) is 23.8 Å². The highest BCUT2D eigenvalue weighted by Crippen LogP contribution is 2.41. The molecule has 1 unspecified atom stereocenters. The van der Waals surface area contributed by atoms with Crippen LogP contribution in [0.2, 0.25) is 0 Å². The maximum absolute atomic E-state index is 12.5. The molecule has 22 heavy (non-hydrogen) atoms. The average molecular weight is 311 g/mol. The highest BCUT2D eigenvalue weighted by atomic mass is 16.6. The molecule has 124 valence electrons. The fourth-order valence-corrected chi connectivity index (χ4v) is 2.71. The Kier molecular flexibility index (Phi) is 6.59. The van der Waals surface area contributed by atoms with Crippen LogP contribution in [0, 0.1) is 5.41 Å². The van der Waals surface area contributed by atoms with Crippen molar-refractivity contribution in [3.63, 3.8) is 0 Å². The first-order chi connectivity index (χ1) is 10.5. The van der Waals surface area contributed by atoms with E-state index in [9.17, 15) is 14.7 Å². The number of nitrogens with zero attached hydrogens (tertiary/aromatic N) is 1. The van der Waals surface area contributed by atoms with E-state index < -0.39 is 11.4 Å². The summed E-state index contributed by atoms with van der Waals surface area (Å²) < 4.78 is 4.81. The van der Waals surface area contributed by atoms with Crippen LogP contribution in [0.25, 0.3) is 0 Å². The van der Waals surface area contributed by atoms with Crippen LogP contribution in [0.1, 0.15) is 52.9 Å². The lowest BCUT2D eigenvalue weighted by atomic mass is 9.70. The molecule has 6 nitrogen and oxygen atoms in total. The Morgan fingerprint density at radius 3 is 2.45 bits per heavy atom. The minimum Gasteiger partial charge on any atom is -0.511 e. The largest absolute Gasteiger partial charge is 0.511 e. The van der Waals surface area contributed by atoms with Gasteiger partial charge in [0.2, 0.25) is 0 Å². The van der Waals surface area contributed by atoms with E-state index in [4.69, 9.17) is 9.57 Å². The summed E-state index contributed by atoms with van der Waals surface area (Å²) in [5, 5.41) is 14.3. The molecule has 0 saturated heterocycles. The summed E-state index contributed by atoms with van der Waals surface area (Å²) >= 11 is 0. The van der Waals surface area contributed by atoms with Crippen LogP contribution in [-0.4, -0.2) is 36.3 Å². The highest BCUT2D eigenvalue weighted by Gasteiger charge is 2.46. The van der Waals surface area contributed by atoms with E-state index in [1.165, 1.54) is 7.11 Å².